The standard InChI is InChI=1S/C13H20BrN3O2/c1-4-10(2)16(3)8-7-15-12-9-11(14)5-6-13(12)17(18)19/h5-6,9-10,15H,4,7-8H2,1-3H3. The first-order valence-corrected chi connectivity index (χ1v) is 7.13. The molecule has 0 aromatic heterocycles. The van der Waals surface area contributed by atoms with Crippen molar-refractivity contribution in [2.75, 3.05) is 25.5 Å². The zero-order chi connectivity index (χ0) is 14.4. The molecule has 19 heavy (non-hydrogen) atoms. The molecule has 0 saturated carbocycles. The summed E-state index contributed by atoms with van der Waals surface area (Å²) in [6, 6.07) is 5.43. The van der Waals surface area contributed by atoms with Gasteiger partial charge in [0.2, 0.25) is 0 Å². The topological polar surface area (TPSA) is 58.4 Å². The lowest BCUT2D eigenvalue weighted by atomic mass is 10.2. The Kier molecular flexibility index (Phi) is 6.24. The largest absolute Gasteiger partial charge is 0.378 e. The van der Waals surface area contributed by atoms with Crippen molar-refractivity contribution in [2.45, 2.75) is 26.3 Å². The van der Waals surface area contributed by atoms with Crippen LogP contribution in [-0.4, -0.2) is 36.0 Å². The van der Waals surface area contributed by atoms with Gasteiger partial charge in [-0.05, 0) is 32.5 Å². The van der Waals surface area contributed by atoms with Crippen LogP contribution >= 0.6 is 15.9 Å². The normalized spacial score (nSPS) is 12.5. The molecule has 0 amide bonds. The SMILES string of the molecule is CCC(C)N(C)CCNc1cc(Br)ccc1[N+](=O)[O-]. The minimum Gasteiger partial charge on any atom is -0.378 e. The minimum atomic E-state index is -0.368. The second kappa shape index (κ2) is 7.45. The Morgan fingerprint density at radius 3 is 2.79 bits per heavy atom. The Bertz CT molecular complexity index is 440. The lowest BCUT2D eigenvalue weighted by molar-refractivity contribution is -0.384. The zero-order valence-electron chi connectivity index (χ0n) is 11.5. The van der Waals surface area contributed by atoms with E-state index >= 15 is 0 Å². The van der Waals surface area contributed by atoms with E-state index in [1.807, 2.05) is 0 Å². The highest BCUT2D eigenvalue weighted by atomic mass is 79.9. The summed E-state index contributed by atoms with van der Waals surface area (Å²) in [6.45, 7) is 5.84. The van der Waals surface area contributed by atoms with Gasteiger partial charge in [-0.3, -0.25) is 10.1 Å². The average Bonchev–Trinajstić information content (AvgIpc) is 2.37. The van der Waals surface area contributed by atoms with Gasteiger partial charge in [-0.2, -0.15) is 0 Å². The molecule has 0 aliphatic rings. The maximum absolute atomic E-state index is 10.9. The number of anilines is 1. The van der Waals surface area contributed by atoms with Gasteiger partial charge in [-0.25, -0.2) is 0 Å². The summed E-state index contributed by atoms with van der Waals surface area (Å²) >= 11 is 3.33. The molecule has 0 fully saturated rings. The molecule has 0 saturated heterocycles. The predicted octanol–water partition coefficient (Wildman–Crippen LogP) is 3.50. The van der Waals surface area contributed by atoms with Gasteiger partial charge in [-0.1, -0.05) is 22.9 Å². The van der Waals surface area contributed by atoms with Crippen LogP contribution in [0.1, 0.15) is 20.3 Å². The van der Waals surface area contributed by atoms with Gasteiger partial charge >= 0.3 is 0 Å². The van der Waals surface area contributed by atoms with E-state index in [1.54, 1.807) is 12.1 Å². The number of nitro groups is 1. The molecule has 0 spiro atoms. The number of nitrogens with one attached hydrogen (secondary N) is 1. The second-order valence-electron chi connectivity index (χ2n) is 4.58. The van der Waals surface area contributed by atoms with Crippen molar-refractivity contribution in [1.29, 1.82) is 0 Å². The molecule has 0 bridgehead atoms. The van der Waals surface area contributed by atoms with E-state index in [0.29, 0.717) is 18.3 Å². The average molecular weight is 330 g/mol. The second-order valence-corrected chi connectivity index (χ2v) is 5.50. The van der Waals surface area contributed by atoms with Crippen molar-refractivity contribution in [2.24, 2.45) is 0 Å². The molecule has 1 aromatic rings. The fraction of sp³-hybridized carbons (Fsp3) is 0.538. The first-order valence-electron chi connectivity index (χ1n) is 6.33. The Morgan fingerprint density at radius 1 is 1.53 bits per heavy atom. The van der Waals surface area contributed by atoms with Gasteiger partial charge in [0.1, 0.15) is 5.69 Å². The molecule has 1 unspecified atom stereocenters. The van der Waals surface area contributed by atoms with Gasteiger partial charge in [0.25, 0.3) is 5.69 Å². The van der Waals surface area contributed by atoms with Crippen LogP contribution in [0.3, 0.4) is 0 Å². The number of nitro benzene ring substituents is 1. The summed E-state index contributed by atoms with van der Waals surface area (Å²) in [5, 5.41) is 14.1. The van der Waals surface area contributed by atoms with Crippen molar-refractivity contribution in [3.63, 3.8) is 0 Å². The molecule has 5 nitrogen and oxygen atoms in total. The monoisotopic (exact) mass is 329 g/mol. The third-order valence-corrected chi connectivity index (χ3v) is 3.77. The van der Waals surface area contributed by atoms with E-state index in [0.717, 1.165) is 17.4 Å². The molecule has 0 aliphatic carbocycles. The molecule has 0 aliphatic heterocycles. The smallest absolute Gasteiger partial charge is 0.292 e. The van der Waals surface area contributed by atoms with Gasteiger partial charge in [0, 0.05) is 29.7 Å². The molecule has 1 aromatic carbocycles. The van der Waals surface area contributed by atoms with Crippen LogP contribution in [-0.2, 0) is 0 Å². The Balaban J connectivity index is 2.62. The molecular weight excluding hydrogens is 310 g/mol. The third kappa shape index (κ3) is 4.80. The fourth-order valence-electron chi connectivity index (χ4n) is 1.71. The van der Waals surface area contributed by atoms with Crippen molar-refractivity contribution < 1.29 is 4.92 Å². The van der Waals surface area contributed by atoms with Crippen LogP contribution in [0.5, 0.6) is 0 Å². The number of likely N-dealkylation sites (N-methyl/N-ethyl adjacent to an activating group) is 1. The lowest BCUT2D eigenvalue weighted by Gasteiger charge is -2.23. The van der Waals surface area contributed by atoms with Gasteiger partial charge in [-0.15, -0.1) is 0 Å². The summed E-state index contributed by atoms with van der Waals surface area (Å²) < 4.78 is 0.830. The molecule has 106 valence electrons. The van der Waals surface area contributed by atoms with E-state index in [2.05, 4.69) is 47.0 Å². The number of benzene rings is 1. The quantitative estimate of drug-likeness (QED) is 0.614. The van der Waals surface area contributed by atoms with Crippen LogP contribution in [0.4, 0.5) is 11.4 Å². The number of hydrogen-bond donors (Lipinski definition) is 1. The molecule has 6 heteroatoms. The lowest BCUT2D eigenvalue weighted by Crippen LogP contribution is -2.32. The zero-order valence-corrected chi connectivity index (χ0v) is 13.1. The van der Waals surface area contributed by atoms with E-state index < -0.39 is 0 Å². The molecule has 1 rings (SSSR count). The summed E-state index contributed by atoms with van der Waals surface area (Å²) in [5.74, 6) is 0. The maximum Gasteiger partial charge on any atom is 0.292 e. The molecule has 0 radical (unpaired) electrons. The van der Waals surface area contributed by atoms with E-state index in [9.17, 15) is 10.1 Å². The Labute approximate surface area is 122 Å². The van der Waals surface area contributed by atoms with Crippen LogP contribution in [0.15, 0.2) is 22.7 Å². The van der Waals surface area contributed by atoms with Crippen LogP contribution in [0.2, 0.25) is 0 Å². The molecular formula is C13H20BrN3O2. The highest BCUT2D eigenvalue weighted by Crippen LogP contribution is 2.27. The van der Waals surface area contributed by atoms with Gasteiger partial charge in [0.15, 0.2) is 0 Å². The summed E-state index contributed by atoms with van der Waals surface area (Å²) in [6.07, 6.45) is 1.09. The molecule has 1 atom stereocenters. The van der Waals surface area contributed by atoms with E-state index in [1.165, 1.54) is 6.07 Å². The van der Waals surface area contributed by atoms with Crippen LogP contribution < -0.4 is 5.32 Å². The van der Waals surface area contributed by atoms with Crippen LogP contribution in [0.25, 0.3) is 0 Å². The number of hydrogen-bond acceptors (Lipinski definition) is 4. The first kappa shape index (κ1) is 15.9. The first-order chi connectivity index (χ1) is 8.95. The Morgan fingerprint density at radius 2 is 2.21 bits per heavy atom. The summed E-state index contributed by atoms with van der Waals surface area (Å²) in [7, 11) is 2.06. The van der Waals surface area contributed by atoms with Crippen molar-refractivity contribution in [3.8, 4) is 0 Å². The highest BCUT2D eigenvalue weighted by molar-refractivity contribution is 9.10. The van der Waals surface area contributed by atoms with Crippen LogP contribution in [0, 0.1) is 10.1 Å². The highest BCUT2D eigenvalue weighted by Gasteiger charge is 2.13. The molecule has 1 N–H and O–H groups in total. The minimum absolute atomic E-state index is 0.106. The van der Waals surface area contributed by atoms with Gasteiger partial charge in [0.05, 0.1) is 4.92 Å². The number of rotatable bonds is 7. The molecule has 0 heterocycles. The number of nitrogens with zero attached hydrogens (tertiary/aromatic N) is 2. The van der Waals surface area contributed by atoms with Crippen molar-refractivity contribution in [3.05, 3.63) is 32.8 Å². The maximum atomic E-state index is 10.9. The summed E-state index contributed by atoms with van der Waals surface area (Å²) in [5.41, 5.74) is 0.659. The van der Waals surface area contributed by atoms with Gasteiger partial charge < -0.3 is 10.2 Å². The fourth-order valence-corrected chi connectivity index (χ4v) is 2.07. The van der Waals surface area contributed by atoms with E-state index in [4.69, 9.17) is 0 Å². The predicted molar refractivity (Wildman–Crippen MR) is 81.7 cm³/mol. The summed E-state index contributed by atoms with van der Waals surface area (Å²) in [4.78, 5) is 12.8. The van der Waals surface area contributed by atoms with E-state index in [-0.39, 0.29) is 10.6 Å². The van der Waals surface area contributed by atoms with Crippen molar-refractivity contribution >= 4 is 27.3 Å². The Hall–Kier alpha value is -1.14. The third-order valence-electron chi connectivity index (χ3n) is 3.28. The number of halogens is 1. The van der Waals surface area contributed by atoms with Crippen molar-refractivity contribution in [1.82, 2.24) is 4.90 Å².